The van der Waals surface area contributed by atoms with Gasteiger partial charge in [-0.15, -0.1) is 0 Å². The molecule has 3 aromatic carbocycles. The van der Waals surface area contributed by atoms with Crippen molar-refractivity contribution in [3.8, 4) is 6.07 Å². The SMILES string of the molecule is CCCCCC(=O)N1c2ccccc2NC2=C(C(=O)C[C@@H](c3ccc(F)cc3)C2)[C@H]1c1ccc(C#N)cc1. The summed E-state index contributed by atoms with van der Waals surface area (Å²) >= 11 is 0. The molecule has 5 nitrogen and oxygen atoms in total. The van der Waals surface area contributed by atoms with E-state index in [9.17, 15) is 19.2 Å². The Morgan fingerprint density at radius 3 is 2.42 bits per heavy atom. The molecule has 2 aliphatic rings. The fourth-order valence-corrected chi connectivity index (χ4v) is 5.54. The number of benzene rings is 3. The summed E-state index contributed by atoms with van der Waals surface area (Å²) in [5.74, 6) is -0.490. The smallest absolute Gasteiger partial charge is 0.227 e. The van der Waals surface area contributed by atoms with Gasteiger partial charge in [0.05, 0.1) is 29.0 Å². The molecule has 192 valence electrons. The normalized spacial score (nSPS) is 18.7. The second-order valence-corrected chi connectivity index (χ2v) is 9.97. The maximum absolute atomic E-state index is 14.0. The van der Waals surface area contributed by atoms with Gasteiger partial charge in [0.2, 0.25) is 5.91 Å². The predicted molar refractivity (Wildman–Crippen MR) is 146 cm³/mol. The van der Waals surface area contributed by atoms with E-state index in [0.29, 0.717) is 24.0 Å². The number of halogens is 1. The number of Topliss-reactive ketones (excluding diaryl/α,β-unsaturated/α-hetero) is 1. The number of amides is 1. The quantitative estimate of drug-likeness (QED) is 0.359. The zero-order chi connectivity index (χ0) is 26.6. The van der Waals surface area contributed by atoms with E-state index in [1.165, 1.54) is 12.1 Å². The van der Waals surface area contributed by atoms with Crippen LogP contribution in [-0.4, -0.2) is 11.7 Å². The first-order valence-corrected chi connectivity index (χ1v) is 13.2. The number of para-hydroxylation sites is 2. The van der Waals surface area contributed by atoms with E-state index in [1.807, 2.05) is 36.4 Å². The number of nitriles is 1. The first-order chi connectivity index (χ1) is 18.5. The van der Waals surface area contributed by atoms with Gasteiger partial charge in [0.15, 0.2) is 5.78 Å². The van der Waals surface area contributed by atoms with Crippen LogP contribution in [0.2, 0.25) is 0 Å². The van der Waals surface area contributed by atoms with Gasteiger partial charge in [0.1, 0.15) is 5.82 Å². The molecular formula is C32H30FN3O2. The number of nitrogens with one attached hydrogen (secondary N) is 1. The van der Waals surface area contributed by atoms with Gasteiger partial charge in [0.25, 0.3) is 0 Å². The van der Waals surface area contributed by atoms with Crippen molar-refractivity contribution in [2.45, 2.75) is 57.4 Å². The first-order valence-electron chi connectivity index (χ1n) is 13.2. The minimum absolute atomic E-state index is 0.0377. The van der Waals surface area contributed by atoms with Crippen molar-refractivity contribution in [3.05, 3.63) is 107 Å². The molecule has 1 aliphatic carbocycles. The van der Waals surface area contributed by atoms with Crippen molar-refractivity contribution in [1.82, 2.24) is 0 Å². The molecule has 1 heterocycles. The van der Waals surface area contributed by atoms with Crippen molar-refractivity contribution < 1.29 is 14.0 Å². The highest BCUT2D eigenvalue weighted by atomic mass is 19.1. The van der Waals surface area contributed by atoms with Crippen molar-refractivity contribution in [2.75, 3.05) is 10.2 Å². The molecule has 1 aliphatic heterocycles. The highest BCUT2D eigenvalue weighted by Crippen LogP contribution is 2.47. The lowest BCUT2D eigenvalue weighted by molar-refractivity contribution is -0.119. The van der Waals surface area contributed by atoms with Crippen LogP contribution in [0.15, 0.2) is 84.1 Å². The number of nitrogens with zero attached hydrogens (tertiary/aromatic N) is 2. The maximum Gasteiger partial charge on any atom is 0.227 e. The third kappa shape index (κ3) is 4.97. The number of carbonyl (C=O) groups excluding carboxylic acids is 2. The number of unbranched alkanes of at least 4 members (excludes halogenated alkanes) is 2. The van der Waals surface area contributed by atoms with E-state index < -0.39 is 6.04 Å². The zero-order valence-corrected chi connectivity index (χ0v) is 21.4. The number of carbonyl (C=O) groups is 2. The minimum Gasteiger partial charge on any atom is -0.357 e. The Morgan fingerprint density at radius 2 is 1.71 bits per heavy atom. The summed E-state index contributed by atoms with van der Waals surface area (Å²) in [6.45, 7) is 2.10. The van der Waals surface area contributed by atoms with Crippen LogP contribution in [0.3, 0.4) is 0 Å². The summed E-state index contributed by atoms with van der Waals surface area (Å²) in [6, 6.07) is 22.7. The van der Waals surface area contributed by atoms with E-state index in [0.717, 1.165) is 47.5 Å². The van der Waals surface area contributed by atoms with Crippen LogP contribution in [0.4, 0.5) is 15.8 Å². The molecule has 2 atom stereocenters. The molecule has 1 N–H and O–H groups in total. The Balaban J connectivity index is 1.66. The van der Waals surface area contributed by atoms with E-state index >= 15 is 0 Å². The number of anilines is 2. The van der Waals surface area contributed by atoms with Crippen molar-refractivity contribution >= 4 is 23.1 Å². The molecule has 0 spiro atoms. The second kappa shape index (κ2) is 11.0. The summed E-state index contributed by atoms with van der Waals surface area (Å²) < 4.78 is 13.6. The number of hydrogen-bond donors (Lipinski definition) is 1. The molecule has 3 aromatic rings. The van der Waals surface area contributed by atoms with E-state index in [2.05, 4.69) is 18.3 Å². The lowest BCUT2D eigenvalue weighted by Crippen LogP contribution is -2.38. The molecule has 0 unspecified atom stereocenters. The van der Waals surface area contributed by atoms with Gasteiger partial charge in [0, 0.05) is 24.1 Å². The standard InChI is InChI=1S/C32H30FN3O2/c1-2-3-4-9-30(38)36-28-8-6-5-7-26(28)35-27-18-24(22-14-16-25(33)17-15-22)19-29(37)31(27)32(36)23-12-10-21(20-34)11-13-23/h5-8,10-17,24,32,35H,2-4,9,18-19H2,1H3/t24-,32+/m0/s1. The number of rotatable bonds is 6. The van der Waals surface area contributed by atoms with Crippen LogP contribution >= 0.6 is 0 Å². The fourth-order valence-electron chi connectivity index (χ4n) is 5.54. The lowest BCUT2D eigenvalue weighted by atomic mass is 9.78. The van der Waals surface area contributed by atoms with Crippen LogP contribution in [-0.2, 0) is 9.59 Å². The van der Waals surface area contributed by atoms with Crippen LogP contribution in [0, 0.1) is 17.1 Å². The maximum atomic E-state index is 14.0. The summed E-state index contributed by atoms with van der Waals surface area (Å²) in [4.78, 5) is 29.6. The monoisotopic (exact) mass is 507 g/mol. The third-order valence-electron chi connectivity index (χ3n) is 7.45. The fraction of sp³-hybridized carbons (Fsp3) is 0.281. The highest BCUT2D eigenvalue weighted by Gasteiger charge is 2.41. The van der Waals surface area contributed by atoms with Crippen LogP contribution in [0.25, 0.3) is 0 Å². The molecule has 5 rings (SSSR count). The molecule has 6 heteroatoms. The molecule has 0 saturated heterocycles. The Morgan fingerprint density at radius 1 is 1.00 bits per heavy atom. The summed E-state index contributed by atoms with van der Waals surface area (Å²) in [6.07, 6.45) is 3.94. The molecule has 38 heavy (non-hydrogen) atoms. The number of hydrogen-bond acceptors (Lipinski definition) is 4. The number of allylic oxidation sites excluding steroid dienone is 1. The average Bonchev–Trinajstić information content (AvgIpc) is 3.08. The molecule has 0 aromatic heterocycles. The zero-order valence-electron chi connectivity index (χ0n) is 21.4. The van der Waals surface area contributed by atoms with Gasteiger partial charge < -0.3 is 5.32 Å². The van der Waals surface area contributed by atoms with Gasteiger partial charge in [-0.3, -0.25) is 14.5 Å². The van der Waals surface area contributed by atoms with Gasteiger partial charge in [-0.25, -0.2) is 4.39 Å². The number of ketones is 1. The Hall–Kier alpha value is -4.24. The van der Waals surface area contributed by atoms with Crippen molar-refractivity contribution in [3.63, 3.8) is 0 Å². The molecule has 1 amide bonds. The molecule has 0 saturated carbocycles. The average molecular weight is 508 g/mol. The number of fused-ring (bicyclic) bond motifs is 1. The molecule has 0 bridgehead atoms. The van der Waals surface area contributed by atoms with Gasteiger partial charge in [-0.1, -0.05) is 56.2 Å². The van der Waals surface area contributed by atoms with Gasteiger partial charge in [-0.2, -0.15) is 5.26 Å². The predicted octanol–water partition coefficient (Wildman–Crippen LogP) is 7.18. The minimum atomic E-state index is -0.621. The van der Waals surface area contributed by atoms with Crippen LogP contribution in [0.1, 0.15) is 74.1 Å². The van der Waals surface area contributed by atoms with E-state index in [4.69, 9.17) is 0 Å². The summed E-state index contributed by atoms with van der Waals surface area (Å²) in [5.41, 5.74) is 5.06. The second-order valence-electron chi connectivity index (χ2n) is 9.97. The first kappa shape index (κ1) is 25.4. The highest BCUT2D eigenvalue weighted by molar-refractivity contribution is 6.06. The molecule has 0 fully saturated rings. The lowest BCUT2D eigenvalue weighted by Gasteiger charge is -2.35. The van der Waals surface area contributed by atoms with Crippen molar-refractivity contribution in [2.24, 2.45) is 0 Å². The van der Waals surface area contributed by atoms with Crippen LogP contribution in [0.5, 0.6) is 0 Å². The topological polar surface area (TPSA) is 73.2 Å². The Labute approximate surface area is 222 Å². The largest absolute Gasteiger partial charge is 0.357 e. The van der Waals surface area contributed by atoms with E-state index in [1.54, 1.807) is 29.2 Å². The Bertz CT molecular complexity index is 1420. The van der Waals surface area contributed by atoms with Gasteiger partial charge in [-0.05, 0) is 66.3 Å². The molecule has 0 radical (unpaired) electrons. The third-order valence-corrected chi connectivity index (χ3v) is 7.45. The van der Waals surface area contributed by atoms with Crippen molar-refractivity contribution in [1.29, 1.82) is 5.26 Å². The Kier molecular flexibility index (Phi) is 7.37. The molecular weight excluding hydrogens is 477 g/mol. The van der Waals surface area contributed by atoms with Gasteiger partial charge >= 0.3 is 0 Å². The summed E-state index contributed by atoms with van der Waals surface area (Å²) in [5, 5.41) is 12.9. The summed E-state index contributed by atoms with van der Waals surface area (Å²) in [7, 11) is 0. The van der Waals surface area contributed by atoms with Crippen LogP contribution < -0.4 is 10.2 Å². The van der Waals surface area contributed by atoms with E-state index in [-0.39, 0.29) is 29.8 Å².